The van der Waals surface area contributed by atoms with Gasteiger partial charge in [-0.2, -0.15) is 0 Å². The lowest BCUT2D eigenvalue weighted by molar-refractivity contribution is 0.313. The average Bonchev–Trinajstić information content (AvgIpc) is 2.12. The summed E-state index contributed by atoms with van der Waals surface area (Å²) in [4.78, 5) is 2.25. The molecule has 0 aromatic heterocycles. The van der Waals surface area contributed by atoms with Crippen LogP contribution in [0.1, 0.15) is 11.1 Å². The summed E-state index contributed by atoms with van der Waals surface area (Å²) < 4.78 is 0. The molecule has 1 aromatic carbocycles. The van der Waals surface area contributed by atoms with Crippen LogP contribution in [0.5, 0.6) is 0 Å². The normalized spacial score (nSPS) is 17.2. The highest BCUT2D eigenvalue weighted by Gasteiger charge is 2.17. The molecule has 0 saturated carbocycles. The molecule has 0 fully saturated rings. The van der Waals surface area contributed by atoms with E-state index in [-0.39, 0.29) is 0 Å². The van der Waals surface area contributed by atoms with Gasteiger partial charge in [-0.3, -0.25) is 0 Å². The van der Waals surface area contributed by atoms with E-state index < -0.39 is 0 Å². The Hall–Kier alpha value is -0.240. The summed E-state index contributed by atoms with van der Waals surface area (Å²) >= 11 is 12.2. The SMILES string of the molecule is CN1CCc2c(Cl)ccc(Cl)c2C1. The van der Waals surface area contributed by atoms with E-state index in [0.717, 1.165) is 29.6 Å². The fourth-order valence-corrected chi connectivity index (χ4v) is 2.24. The van der Waals surface area contributed by atoms with E-state index in [2.05, 4.69) is 11.9 Å². The Labute approximate surface area is 88.3 Å². The van der Waals surface area contributed by atoms with Crippen LogP contribution in [-0.4, -0.2) is 18.5 Å². The fraction of sp³-hybridized carbons (Fsp3) is 0.400. The minimum Gasteiger partial charge on any atom is -0.302 e. The summed E-state index contributed by atoms with van der Waals surface area (Å²) in [7, 11) is 2.10. The third-order valence-corrected chi connectivity index (χ3v) is 3.20. The minimum absolute atomic E-state index is 0.839. The maximum absolute atomic E-state index is 6.09. The molecule has 0 aliphatic carbocycles. The number of hydrogen-bond acceptors (Lipinski definition) is 1. The second-order valence-electron chi connectivity index (χ2n) is 3.47. The first-order chi connectivity index (χ1) is 6.18. The third kappa shape index (κ3) is 1.69. The van der Waals surface area contributed by atoms with Gasteiger partial charge in [-0.05, 0) is 36.7 Å². The predicted molar refractivity (Wildman–Crippen MR) is 56.5 cm³/mol. The van der Waals surface area contributed by atoms with Crippen molar-refractivity contribution in [3.05, 3.63) is 33.3 Å². The molecule has 2 rings (SSSR count). The second-order valence-corrected chi connectivity index (χ2v) is 4.29. The van der Waals surface area contributed by atoms with Crippen molar-refractivity contribution in [3.8, 4) is 0 Å². The summed E-state index contributed by atoms with van der Waals surface area (Å²) in [5.41, 5.74) is 2.43. The lowest BCUT2D eigenvalue weighted by Crippen LogP contribution is -2.26. The largest absolute Gasteiger partial charge is 0.302 e. The summed E-state index contributed by atoms with van der Waals surface area (Å²) in [5.74, 6) is 0. The summed E-state index contributed by atoms with van der Waals surface area (Å²) in [6.07, 6.45) is 1.01. The van der Waals surface area contributed by atoms with Crippen molar-refractivity contribution in [1.82, 2.24) is 4.90 Å². The van der Waals surface area contributed by atoms with Crippen LogP contribution in [0, 0.1) is 0 Å². The highest BCUT2D eigenvalue weighted by molar-refractivity contribution is 6.34. The van der Waals surface area contributed by atoms with E-state index in [9.17, 15) is 0 Å². The first-order valence-electron chi connectivity index (χ1n) is 4.33. The zero-order valence-corrected chi connectivity index (χ0v) is 8.99. The molecule has 0 atom stereocenters. The first kappa shape index (κ1) is 9.32. The van der Waals surface area contributed by atoms with Crippen LogP contribution in [0.15, 0.2) is 12.1 Å². The van der Waals surface area contributed by atoms with Gasteiger partial charge in [0.1, 0.15) is 0 Å². The summed E-state index contributed by atoms with van der Waals surface area (Å²) in [6.45, 7) is 1.97. The minimum atomic E-state index is 0.839. The first-order valence-corrected chi connectivity index (χ1v) is 5.08. The Balaban J connectivity index is 2.51. The van der Waals surface area contributed by atoms with E-state index in [0.29, 0.717) is 0 Å². The molecular weight excluding hydrogens is 205 g/mol. The molecule has 0 spiro atoms. The lowest BCUT2D eigenvalue weighted by Gasteiger charge is -2.26. The number of benzene rings is 1. The molecule has 1 aliphatic heterocycles. The molecule has 13 heavy (non-hydrogen) atoms. The zero-order chi connectivity index (χ0) is 9.42. The van der Waals surface area contributed by atoms with E-state index >= 15 is 0 Å². The molecule has 0 saturated heterocycles. The smallest absolute Gasteiger partial charge is 0.0454 e. The van der Waals surface area contributed by atoms with Crippen LogP contribution in [0.25, 0.3) is 0 Å². The maximum atomic E-state index is 6.09. The quantitative estimate of drug-likeness (QED) is 0.644. The number of halogens is 2. The number of rotatable bonds is 0. The van der Waals surface area contributed by atoms with Gasteiger partial charge in [0.25, 0.3) is 0 Å². The van der Waals surface area contributed by atoms with Crippen LogP contribution in [0.4, 0.5) is 0 Å². The number of hydrogen-bond donors (Lipinski definition) is 0. The third-order valence-electron chi connectivity index (χ3n) is 2.49. The number of nitrogens with zero attached hydrogens (tertiary/aromatic N) is 1. The van der Waals surface area contributed by atoms with E-state index in [1.165, 1.54) is 11.1 Å². The molecule has 0 unspecified atom stereocenters. The number of fused-ring (bicyclic) bond motifs is 1. The Morgan fingerprint density at radius 3 is 2.46 bits per heavy atom. The standard InChI is InChI=1S/C10H11Cl2N/c1-13-5-4-7-8(6-13)10(12)3-2-9(7)11/h2-3H,4-6H2,1H3. The highest BCUT2D eigenvalue weighted by atomic mass is 35.5. The van der Waals surface area contributed by atoms with Crippen molar-refractivity contribution in [2.45, 2.75) is 13.0 Å². The average molecular weight is 216 g/mol. The van der Waals surface area contributed by atoms with Gasteiger partial charge in [0.2, 0.25) is 0 Å². The Morgan fingerprint density at radius 1 is 1.15 bits per heavy atom. The van der Waals surface area contributed by atoms with E-state index in [1.807, 2.05) is 12.1 Å². The van der Waals surface area contributed by atoms with Crippen LogP contribution in [0.3, 0.4) is 0 Å². The van der Waals surface area contributed by atoms with Gasteiger partial charge in [-0.25, -0.2) is 0 Å². The molecule has 0 amide bonds. The van der Waals surface area contributed by atoms with Crippen molar-refractivity contribution in [2.75, 3.05) is 13.6 Å². The highest BCUT2D eigenvalue weighted by Crippen LogP contribution is 2.30. The molecule has 1 heterocycles. The molecular formula is C10H11Cl2N. The van der Waals surface area contributed by atoms with E-state index in [1.54, 1.807) is 0 Å². The Kier molecular flexibility index (Phi) is 2.50. The molecule has 1 aromatic rings. The molecule has 3 heteroatoms. The van der Waals surface area contributed by atoms with Gasteiger partial charge in [0, 0.05) is 23.1 Å². The van der Waals surface area contributed by atoms with Crippen LogP contribution < -0.4 is 0 Å². The van der Waals surface area contributed by atoms with Crippen LogP contribution >= 0.6 is 23.2 Å². The van der Waals surface area contributed by atoms with Crippen molar-refractivity contribution in [3.63, 3.8) is 0 Å². The molecule has 0 radical (unpaired) electrons. The molecule has 1 nitrogen and oxygen atoms in total. The Morgan fingerprint density at radius 2 is 1.77 bits per heavy atom. The lowest BCUT2D eigenvalue weighted by atomic mass is 10.0. The summed E-state index contributed by atoms with van der Waals surface area (Å²) in [6, 6.07) is 3.76. The topological polar surface area (TPSA) is 3.24 Å². The van der Waals surface area contributed by atoms with E-state index in [4.69, 9.17) is 23.2 Å². The monoisotopic (exact) mass is 215 g/mol. The van der Waals surface area contributed by atoms with Crippen molar-refractivity contribution < 1.29 is 0 Å². The molecule has 1 aliphatic rings. The Bertz CT molecular complexity index is 336. The van der Waals surface area contributed by atoms with Gasteiger partial charge in [-0.15, -0.1) is 0 Å². The summed E-state index contributed by atoms with van der Waals surface area (Å²) in [5, 5.41) is 1.69. The van der Waals surface area contributed by atoms with Crippen molar-refractivity contribution in [2.24, 2.45) is 0 Å². The molecule has 0 N–H and O–H groups in total. The zero-order valence-electron chi connectivity index (χ0n) is 7.48. The molecule has 70 valence electrons. The van der Waals surface area contributed by atoms with Gasteiger partial charge in [0.05, 0.1) is 0 Å². The van der Waals surface area contributed by atoms with Gasteiger partial charge >= 0.3 is 0 Å². The van der Waals surface area contributed by atoms with Crippen molar-refractivity contribution >= 4 is 23.2 Å². The van der Waals surface area contributed by atoms with Gasteiger partial charge in [0.15, 0.2) is 0 Å². The van der Waals surface area contributed by atoms with Crippen LogP contribution in [0.2, 0.25) is 10.0 Å². The van der Waals surface area contributed by atoms with Crippen molar-refractivity contribution in [1.29, 1.82) is 0 Å². The van der Waals surface area contributed by atoms with Crippen LogP contribution in [-0.2, 0) is 13.0 Å². The van der Waals surface area contributed by atoms with Gasteiger partial charge < -0.3 is 4.90 Å². The maximum Gasteiger partial charge on any atom is 0.0454 e. The van der Waals surface area contributed by atoms with Gasteiger partial charge in [-0.1, -0.05) is 23.2 Å². The fourth-order valence-electron chi connectivity index (χ4n) is 1.73. The number of likely N-dealkylation sites (N-methyl/N-ethyl adjacent to an activating group) is 1. The second kappa shape index (κ2) is 3.49. The molecule has 0 bridgehead atoms. The predicted octanol–water partition coefficient (Wildman–Crippen LogP) is 2.98.